The topological polar surface area (TPSA) is 42.9 Å². The molecule has 0 unspecified atom stereocenters. The number of thioether (sulfide) groups is 1. The van der Waals surface area contributed by atoms with Gasteiger partial charge in [0.25, 0.3) is 0 Å². The molecule has 3 nitrogen and oxygen atoms in total. The molecule has 5 heteroatoms. The van der Waals surface area contributed by atoms with Gasteiger partial charge in [-0.1, -0.05) is 0 Å². The molecule has 0 aromatic carbocycles. The molecule has 1 aromatic rings. The Kier molecular flexibility index (Phi) is 1.61. The van der Waals surface area contributed by atoms with Crippen molar-refractivity contribution < 1.29 is 26.0 Å². The number of aromatic nitrogens is 2. The molecule has 0 amide bonds. The Bertz CT molecular complexity index is 264. The molecule has 0 spiro atoms. The third kappa shape index (κ3) is 1.03. The van der Waals surface area contributed by atoms with Gasteiger partial charge in [0.1, 0.15) is 0 Å². The maximum atomic E-state index is 10.8. The van der Waals surface area contributed by atoms with Crippen LogP contribution in [0.4, 0.5) is 4.79 Å². The fourth-order valence-corrected chi connectivity index (χ4v) is 4.29. The van der Waals surface area contributed by atoms with Crippen LogP contribution >= 0.6 is 11.8 Å². The molecule has 0 bridgehead atoms. The number of hydrogen-bond donors (Lipinski definition) is 0. The normalized spacial score (nSPS) is 16.2. The number of carbonyl (C=O) groups excluding carboxylic acids is 1. The van der Waals surface area contributed by atoms with E-state index in [9.17, 15) is 4.79 Å². The molecule has 52 valence electrons. The van der Waals surface area contributed by atoms with Crippen LogP contribution in [0.25, 0.3) is 0 Å². The van der Waals surface area contributed by atoms with Crippen molar-refractivity contribution in [2.75, 3.05) is 0 Å². The van der Waals surface area contributed by atoms with Crippen LogP contribution in [0.1, 0.15) is 0 Å². The van der Waals surface area contributed by atoms with Crippen LogP contribution in [-0.4, -0.2) is 13.1 Å². The molecule has 1 aliphatic rings. The van der Waals surface area contributed by atoms with Gasteiger partial charge in [-0.15, -0.1) is 0 Å². The first-order chi connectivity index (χ1) is 4.86. The van der Waals surface area contributed by atoms with E-state index in [1.807, 2.05) is 0 Å². The van der Waals surface area contributed by atoms with Gasteiger partial charge in [-0.2, -0.15) is 0 Å². The van der Waals surface area contributed by atoms with Crippen molar-refractivity contribution in [2.24, 2.45) is 0 Å². The van der Waals surface area contributed by atoms with E-state index in [2.05, 4.69) is 9.97 Å². The molecule has 2 heterocycles. The first kappa shape index (κ1) is 6.53. The number of hydrogen-bond acceptors (Lipinski definition) is 4. The van der Waals surface area contributed by atoms with E-state index in [1.165, 1.54) is 18.1 Å². The molecule has 0 aliphatic carbocycles. The first-order valence-corrected chi connectivity index (χ1v) is 5.50. The van der Waals surface area contributed by atoms with Crippen molar-refractivity contribution in [1.29, 1.82) is 0 Å². The molecule has 10 heavy (non-hydrogen) atoms. The van der Waals surface area contributed by atoms with E-state index in [-0.39, 0.29) is 3.12 Å². The van der Waals surface area contributed by atoms with Crippen molar-refractivity contribution in [2.45, 2.75) is 4.90 Å². The van der Waals surface area contributed by atoms with E-state index in [0.717, 1.165) is 8.60 Å². The summed E-state index contributed by atoms with van der Waals surface area (Å²) in [4.78, 5) is 19.6. The molecular weight excluding hydrogens is 263 g/mol. The standard InChI is InChI=1S/C5H2IN2OS/c9-5-6-4-3(10-5)1-7-2-8-4/h1-2H/q-1. The van der Waals surface area contributed by atoms with Crippen LogP contribution in [0.5, 0.6) is 0 Å². The molecule has 0 radical (unpaired) electrons. The van der Waals surface area contributed by atoms with Crippen molar-refractivity contribution in [3.05, 3.63) is 16.2 Å². The molecule has 1 aromatic heterocycles. The van der Waals surface area contributed by atoms with Crippen LogP contribution < -0.4 is 21.2 Å². The van der Waals surface area contributed by atoms with E-state index in [4.69, 9.17) is 0 Å². The number of rotatable bonds is 0. The van der Waals surface area contributed by atoms with Crippen LogP contribution in [-0.2, 0) is 0 Å². The number of halogens is 1. The van der Waals surface area contributed by atoms with Gasteiger partial charge in [0.2, 0.25) is 0 Å². The molecular formula is C5H2IN2OS-. The Morgan fingerprint density at radius 2 is 2.50 bits per heavy atom. The average Bonchev–Trinajstić information content (AvgIpc) is 2.27. The summed E-state index contributed by atoms with van der Waals surface area (Å²) in [7, 11) is 0. The predicted molar refractivity (Wildman–Crippen MR) is 32.0 cm³/mol. The summed E-state index contributed by atoms with van der Waals surface area (Å²) in [6.07, 6.45) is 3.20. The fourth-order valence-electron chi connectivity index (χ4n) is 0.620. The third-order valence-electron chi connectivity index (χ3n) is 0.990. The van der Waals surface area contributed by atoms with Crippen LogP contribution in [0, 0.1) is 3.70 Å². The van der Waals surface area contributed by atoms with Gasteiger partial charge in [-0.05, 0) is 0 Å². The zero-order valence-corrected chi connectivity index (χ0v) is 7.72. The molecule has 0 saturated heterocycles. The van der Waals surface area contributed by atoms with E-state index in [0.29, 0.717) is 0 Å². The van der Waals surface area contributed by atoms with Crippen LogP contribution in [0.15, 0.2) is 17.4 Å². The summed E-state index contributed by atoms with van der Waals surface area (Å²) in [6, 6.07) is 0. The average molecular weight is 265 g/mol. The Morgan fingerprint density at radius 1 is 1.60 bits per heavy atom. The van der Waals surface area contributed by atoms with Gasteiger partial charge in [0, 0.05) is 0 Å². The van der Waals surface area contributed by atoms with Gasteiger partial charge in [0.05, 0.1) is 0 Å². The Balaban J connectivity index is 2.51. The SMILES string of the molecule is O=C1Sc2cncnc2[I-]1. The van der Waals surface area contributed by atoms with Gasteiger partial charge in [-0.3, -0.25) is 0 Å². The Hall–Kier alpha value is -0.170. The Morgan fingerprint density at radius 3 is 3.30 bits per heavy atom. The summed E-state index contributed by atoms with van der Waals surface area (Å²) in [5, 5.41) is 0. The van der Waals surface area contributed by atoms with E-state index < -0.39 is 21.2 Å². The summed E-state index contributed by atoms with van der Waals surface area (Å²) in [5.74, 6) is 0. The first-order valence-electron chi connectivity index (χ1n) is 2.53. The number of carbonyl (C=O) groups is 1. The summed E-state index contributed by atoms with van der Waals surface area (Å²) in [6.45, 7) is 0. The van der Waals surface area contributed by atoms with Crippen molar-refractivity contribution in [3.63, 3.8) is 0 Å². The molecule has 0 saturated carbocycles. The fraction of sp³-hybridized carbons (Fsp3) is 0. The molecule has 0 fully saturated rings. The zero-order valence-electron chi connectivity index (χ0n) is 4.74. The van der Waals surface area contributed by atoms with Crippen LogP contribution in [0.3, 0.4) is 0 Å². The predicted octanol–water partition coefficient (Wildman–Crippen LogP) is -2.04. The second kappa shape index (κ2) is 2.46. The van der Waals surface area contributed by atoms with Crippen molar-refractivity contribution in [3.8, 4) is 0 Å². The maximum absolute atomic E-state index is 10.8. The summed E-state index contributed by atoms with van der Waals surface area (Å²) < 4.78 is 1.25. The van der Waals surface area contributed by atoms with Crippen molar-refractivity contribution in [1.82, 2.24) is 9.97 Å². The minimum absolute atomic E-state index is 0.273. The van der Waals surface area contributed by atoms with Crippen molar-refractivity contribution >= 4 is 14.9 Å². The second-order valence-corrected chi connectivity index (χ2v) is 5.90. The summed E-state index contributed by atoms with van der Waals surface area (Å²) >= 11 is 0.809. The van der Waals surface area contributed by atoms with Gasteiger partial charge < -0.3 is 0 Å². The third-order valence-corrected chi connectivity index (χ3v) is 5.02. The number of nitrogens with zero attached hydrogens (tertiary/aromatic N) is 2. The second-order valence-electron chi connectivity index (χ2n) is 1.61. The van der Waals surface area contributed by atoms with E-state index in [1.54, 1.807) is 6.20 Å². The quantitative estimate of drug-likeness (QED) is 0.308. The zero-order chi connectivity index (χ0) is 6.97. The molecule has 2 rings (SSSR count). The van der Waals surface area contributed by atoms with Gasteiger partial charge >= 0.3 is 72.0 Å². The Labute approximate surface area is 71.9 Å². The molecule has 0 N–H and O–H groups in total. The monoisotopic (exact) mass is 265 g/mol. The van der Waals surface area contributed by atoms with Gasteiger partial charge in [0.15, 0.2) is 0 Å². The molecule has 0 atom stereocenters. The van der Waals surface area contributed by atoms with E-state index >= 15 is 0 Å². The summed E-state index contributed by atoms with van der Waals surface area (Å²) in [5.41, 5.74) is 0. The molecule has 1 aliphatic heterocycles. The van der Waals surface area contributed by atoms with Gasteiger partial charge in [-0.25, -0.2) is 0 Å². The van der Waals surface area contributed by atoms with Crippen LogP contribution in [0.2, 0.25) is 0 Å². The minimum atomic E-state index is -0.467. The number of fused-ring (bicyclic) bond motifs is 1.